The lowest BCUT2D eigenvalue weighted by Crippen LogP contribution is -2.15. The highest BCUT2D eigenvalue weighted by Crippen LogP contribution is 2.32. The molecule has 1 aromatic carbocycles. The first-order valence-electron chi connectivity index (χ1n) is 5.14. The van der Waals surface area contributed by atoms with Gasteiger partial charge in [-0.3, -0.25) is 9.78 Å². The topological polar surface area (TPSA) is 68.0 Å². The zero-order valence-electron chi connectivity index (χ0n) is 9.45. The molecule has 2 rings (SSSR count). The first kappa shape index (κ1) is 13.8. The number of amides is 1. The molecule has 0 radical (unpaired) electrons. The van der Waals surface area contributed by atoms with Crippen LogP contribution in [0.2, 0.25) is 5.02 Å². The fourth-order valence-electron chi connectivity index (χ4n) is 1.44. The summed E-state index contributed by atoms with van der Waals surface area (Å²) in [4.78, 5) is 15.8. The summed E-state index contributed by atoms with van der Waals surface area (Å²) in [6.45, 7) is 0. The average Bonchev–Trinajstić information content (AvgIpc) is 2.34. The van der Waals surface area contributed by atoms with Gasteiger partial charge in [0.2, 0.25) is 0 Å². The van der Waals surface area contributed by atoms with E-state index >= 15 is 0 Å². The second-order valence-corrected chi connectivity index (χ2v) is 4.92. The van der Waals surface area contributed by atoms with Gasteiger partial charge in [-0.05, 0) is 34.1 Å². The van der Waals surface area contributed by atoms with Crippen molar-refractivity contribution in [3.05, 3.63) is 51.5 Å². The largest absolute Gasteiger partial charge is 0.398 e. The molecule has 2 aromatic rings. The van der Waals surface area contributed by atoms with Crippen LogP contribution in [-0.4, -0.2) is 10.9 Å². The predicted molar refractivity (Wildman–Crippen MR) is 75.7 cm³/mol. The number of aromatic nitrogens is 1. The summed E-state index contributed by atoms with van der Waals surface area (Å²) in [6.07, 6.45) is 2.82. The Morgan fingerprint density at radius 1 is 1.47 bits per heavy atom. The lowest BCUT2D eigenvalue weighted by atomic mass is 10.2. The van der Waals surface area contributed by atoms with Crippen molar-refractivity contribution in [2.45, 2.75) is 0 Å². The van der Waals surface area contributed by atoms with Gasteiger partial charge in [-0.15, -0.1) is 0 Å². The number of hydrogen-bond acceptors (Lipinski definition) is 3. The third-order valence-electron chi connectivity index (χ3n) is 2.34. The molecule has 0 bridgehead atoms. The van der Waals surface area contributed by atoms with E-state index in [9.17, 15) is 9.18 Å². The van der Waals surface area contributed by atoms with Crippen molar-refractivity contribution in [3.63, 3.8) is 0 Å². The van der Waals surface area contributed by atoms with Crippen LogP contribution in [0.4, 0.5) is 15.8 Å². The second kappa shape index (κ2) is 5.54. The van der Waals surface area contributed by atoms with E-state index in [2.05, 4.69) is 26.2 Å². The number of rotatable bonds is 2. The molecule has 0 aliphatic heterocycles. The summed E-state index contributed by atoms with van der Waals surface area (Å²) in [5.41, 5.74) is 6.45. The summed E-state index contributed by atoms with van der Waals surface area (Å²) >= 11 is 9.01. The number of anilines is 2. The van der Waals surface area contributed by atoms with E-state index in [-0.39, 0.29) is 16.3 Å². The SMILES string of the molecule is Nc1ccncc1C(=O)Nc1c(Cl)cc(F)cc1Br. The maximum absolute atomic E-state index is 13.1. The number of carbonyl (C=O) groups excluding carboxylic acids is 1. The van der Waals surface area contributed by atoms with Crippen LogP contribution in [-0.2, 0) is 0 Å². The van der Waals surface area contributed by atoms with Crippen LogP contribution in [0.25, 0.3) is 0 Å². The van der Waals surface area contributed by atoms with E-state index in [0.29, 0.717) is 10.2 Å². The number of carbonyl (C=O) groups is 1. The number of hydrogen-bond donors (Lipinski definition) is 2. The Hall–Kier alpha value is -1.66. The van der Waals surface area contributed by atoms with Gasteiger partial charge in [-0.1, -0.05) is 11.6 Å². The van der Waals surface area contributed by atoms with Gasteiger partial charge < -0.3 is 11.1 Å². The van der Waals surface area contributed by atoms with Crippen LogP contribution in [0.3, 0.4) is 0 Å². The molecule has 1 amide bonds. The van der Waals surface area contributed by atoms with Crippen molar-refractivity contribution in [3.8, 4) is 0 Å². The van der Waals surface area contributed by atoms with E-state index in [1.54, 1.807) is 0 Å². The lowest BCUT2D eigenvalue weighted by molar-refractivity contribution is 0.102. The molecule has 0 aliphatic carbocycles. The third kappa shape index (κ3) is 3.02. The Kier molecular flexibility index (Phi) is 4.01. The summed E-state index contributed by atoms with van der Waals surface area (Å²) in [6, 6.07) is 3.82. The number of nitrogens with one attached hydrogen (secondary N) is 1. The van der Waals surface area contributed by atoms with E-state index in [4.69, 9.17) is 17.3 Å². The minimum absolute atomic E-state index is 0.0858. The molecule has 19 heavy (non-hydrogen) atoms. The van der Waals surface area contributed by atoms with Crippen molar-refractivity contribution in [2.24, 2.45) is 0 Å². The molecule has 1 heterocycles. The summed E-state index contributed by atoms with van der Waals surface area (Å²) in [5.74, 6) is -0.976. The van der Waals surface area contributed by atoms with Gasteiger partial charge in [0.1, 0.15) is 5.82 Å². The smallest absolute Gasteiger partial charge is 0.259 e. The molecule has 0 fully saturated rings. The summed E-state index contributed by atoms with van der Waals surface area (Å²) < 4.78 is 13.4. The molecule has 0 aliphatic rings. The first-order valence-corrected chi connectivity index (χ1v) is 6.31. The Balaban J connectivity index is 2.32. The van der Waals surface area contributed by atoms with Gasteiger partial charge >= 0.3 is 0 Å². The van der Waals surface area contributed by atoms with Crippen LogP contribution in [0, 0.1) is 5.82 Å². The van der Waals surface area contributed by atoms with Crippen LogP contribution in [0.5, 0.6) is 0 Å². The number of nitrogens with zero attached hydrogens (tertiary/aromatic N) is 1. The number of nitrogen functional groups attached to an aromatic ring is 1. The molecule has 7 heteroatoms. The van der Waals surface area contributed by atoms with Gasteiger partial charge in [0, 0.05) is 22.6 Å². The van der Waals surface area contributed by atoms with Crippen molar-refractivity contribution >= 4 is 44.8 Å². The predicted octanol–water partition coefficient (Wildman–Crippen LogP) is 3.47. The highest BCUT2D eigenvalue weighted by atomic mass is 79.9. The Labute approximate surface area is 121 Å². The van der Waals surface area contributed by atoms with E-state index in [1.165, 1.54) is 24.5 Å². The first-order chi connectivity index (χ1) is 8.99. The highest BCUT2D eigenvalue weighted by molar-refractivity contribution is 9.10. The molecule has 4 nitrogen and oxygen atoms in total. The van der Waals surface area contributed by atoms with Crippen LogP contribution in [0.1, 0.15) is 10.4 Å². The van der Waals surface area contributed by atoms with Crippen LogP contribution >= 0.6 is 27.5 Å². The number of halogens is 3. The molecular formula is C12H8BrClFN3O. The lowest BCUT2D eigenvalue weighted by Gasteiger charge is -2.10. The van der Waals surface area contributed by atoms with E-state index in [0.717, 1.165) is 6.07 Å². The minimum atomic E-state index is -0.504. The van der Waals surface area contributed by atoms with Gasteiger partial charge in [0.05, 0.1) is 16.3 Å². The molecule has 0 saturated carbocycles. The fourth-order valence-corrected chi connectivity index (χ4v) is 2.34. The molecule has 1 aromatic heterocycles. The monoisotopic (exact) mass is 343 g/mol. The van der Waals surface area contributed by atoms with Gasteiger partial charge in [-0.2, -0.15) is 0 Å². The Morgan fingerprint density at radius 2 is 2.21 bits per heavy atom. The molecule has 3 N–H and O–H groups in total. The van der Waals surface area contributed by atoms with E-state index in [1.807, 2.05) is 0 Å². The number of pyridine rings is 1. The summed E-state index contributed by atoms with van der Waals surface area (Å²) in [7, 11) is 0. The minimum Gasteiger partial charge on any atom is -0.398 e. The van der Waals surface area contributed by atoms with Crippen molar-refractivity contribution in [1.29, 1.82) is 0 Å². The molecular weight excluding hydrogens is 337 g/mol. The maximum atomic E-state index is 13.1. The zero-order valence-corrected chi connectivity index (χ0v) is 11.8. The van der Waals surface area contributed by atoms with Crippen molar-refractivity contribution in [2.75, 3.05) is 11.1 Å². The number of benzene rings is 1. The number of nitrogens with two attached hydrogens (primary N) is 1. The average molecular weight is 345 g/mol. The molecule has 0 atom stereocenters. The Morgan fingerprint density at radius 3 is 2.84 bits per heavy atom. The standard InChI is InChI=1S/C12H8BrClFN3O/c13-8-3-6(15)4-9(14)11(8)18-12(19)7-5-17-2-1-10(7)16/h1-5H,(H2,16,17)(H,18,19). The van der Waals surface area contributed by atoms with Crippen molar-refractivity contribution in [1.82, 2.24) is 4.98 Å². The molecule has 0 saturated heterocycles. The highest BCUT2D eigenvalue weighted by Gasteiger charge is 2.14. The van der Waals surface area contributed by atoms with Gasteiger partial charge in [-0.25, -0.2) is 4.39 Å². The molecule has 0 spiro atoms. The zero-order chi connectivity index (χ0) is 14.0. The Bertz CT molecular complexity index is 628. The van der Waals surface area contributed by atoms with Gasteiger partial charge in [0.25, 0.3) is 5.91 Å². The molecule has 98 valence electrons. The normalized spacial score (nSPS) is 10.3. The van der Waals surface area contributed by atoms with Gasteiger partial charge in [0.15, 0.2) is 0 Å². The van der Waals surface area contributed by atoms with E-state index < -0.39 is 11.7 Å². The van der Waals surface area contributed by atoms with Crippen LogP contribution in [0.15, 0.2) is 35.1 Å². The maximum Gasteiger partial charge on any atom is 0.259 e. The third-order valence-corrected chi connectivity index (χ3v) is 3.27. The fraction of sp³-hybridized carbons (Fsp3) is 0. The van der Waals surface area contributed by atoms with Crippen molar-refractivity contribution < 1.29 is 9.18 Å². The summed E-state index contributed by atoms with van der Waals surface area (Å²) in [5, 5.41) is 2.64. The van der Waals surface area contributed by atoms with Crippen LogP contribution < -0.4 is 11.1 Å². The molecule has 0 unspecified atom stereocenters. The second-order valence-electron chi connectivity index (χ2n) is 3.66. The quantitative estimate of drug-likeness (QED) is 0.876.